The van der Waals surface area contributed by atoms with E-state index in [9.17, 15) is 4.79 Å². The van der Waals surface area contributed by atoms with Gasteiger partial charge in [-0.3, -0.25) is 0 Å². The Morgan fingerprint density at radius 2 is 2.14 bits per heavy atom. The Kier molecular flexibility index (Phi) is 7.92. The number of rotatable bonds is 8. The monoisotopic (exact) mass is 376 g/mol. The summed E-state index contributed by atoms with van der Waals surface area (Å²) in [5.41, 5.74) is -0.505. The molecule has 1 aromatic heterocycles. The highest BCUT2D eigenvalue weighted by Crippen LogP contribution is 2.16. The Morgan fingerprint density at radius 1 is 1.41 bits per heavy atom. The molecule has 1 rings (SSSR count). The van der Waals surface area contributed by atoms with Crippen LogP contribution in [-0.2, 0) is 16.0 Å². The van der Waals surface area contributed by atoms with Crippen molar-refractivity contribution >= 4 is 22.0 Å². The van der Waals surface area contributed by atoms with E-state index < -0.39 is 5.60 Å². The number of furan rings is 1. The SMILES string of the molecule is COCCN(CCNCc1occc1Br)C(=O)OC(C)(C)C. The first-order valence-corrected chi connectivity index (χ1v) is 8.02. The molecule has 0 aliphatic carbocycles. The lowest BCUT2D eigenvalue weighted by molar-refractivity contribution is 0.0204. The minimum Gasteiger partial charge on any atom is -0.467 e. The molecule has 22 heavy (non-hydrogen) atoms. The molecular formula is C15H25BrN2O4. The zero-order valence-electron chi connectivity index (χ0n) is 13.6. The molecule has 1 aromatic rings. The average molecular weight is 377 g/mol. The maximum absolute atomic E-state index is 12.1. The van der Waals surface area contributed by atoms with Gasteiger partial charge in [-0.2, -0.15) is 0 Å². The van der Waals surface area contributed by atoms with Crippen molar-refractivity contribution in [1.29, 1.82) is 0 Å². The van der Waals surface area contributed by atoms with Crippen LogP contribution in [0.3, 0.4) is 0 Å². The third kappa shape index (κ3) is 7.29. The smallest absolute Gasteiger partial charge is 0.410 e. The van der Waals surface area contributed by atoms with Crippen LogP contribution in [0.25, 0.3) is 0 Å². The summed E-state index contributed by atoms with van der Waals surface area (Å²) in [6.45, 7) is 8.30. The van der Waals surface area contributed by atoms with Gasteiger partial charge in [0.15, 0.2) is 0 Å². The number of methoxy groups -OCH3 is 1. The van der Waals surface area contributed by atoms with Crippen LogP contribution in [0, 0.1) is 0 Å². The Bertz CT molecular complexity index is 457. The predicted octanol–water partition coefficient (Wildman–Crippen LogP) is 3.02. The lowest BCUT2D eigenvalue weighted by atomic mass is 10.2. The van der Waals surface area contributed by atoms with Gasteiger partial charge < -0.3 is 24.1 Å². The molecule has 126 valence electrons. The Balaban J connectivity index is 2.40. The van der Waals surface area contributed by atoms with Crippen LogP contribution >= 0.6 is 15.9 Å². The van der Waals surface area contributed by atoms with Gasteiger partial charge in [-0.15, -0.1) is 0 Å². The van der Waals surface area contributed by atoms with E-state index in [0.29, 0.717) is 32.8 Å². The van der Waals surface area contributed by atoms with Crippen molar-refractivity contribution in [3.63, 3.8) is 0 Å². The number of hydrogen-bond acceptors (Lipinski definition) is 5. The van der Waals surface area contributed by atoms with Crippen LogP contribution in [0.2, 0.25) is 0 Å². The summed E-state index contributed by atoms with van der Waals surface area (Å²) >= 11 is 3.40. The molecule has 0 aromatic carbocycles. The largest absolute Gasteiger partial charge is 0.467 e. The fourth-order valence-corrected chi connectivity index (χ4v) is 2.03. The maximum atomic E-state index is 12.1. The highest BCUT2D eigenvalue weighted by Gasteiger charge is 2.21. The predicted molar refractivity (Wildman–Crippen MR) is 87.8 cm³/mol. The molecule has 0 unspecified atom stereocenters. The molecular weight excluding hydrogens is 352 g/mol. The number of carbonyl (C=O) groups is 1. The van der Waals surface area contributed by atoms with Crippen LogP contribution in [0.5, 0.6) is 0 Å². The minimum absolute atomic E-state index is 0.328. The topological polar surface area (TPSA) is 63.9 Å². The van der Waals surface area contributed by atoms with E-state index >= 15 is 0 Å². The Morgan fingerprint density at radius 3 is 2.68 bits per heavy atom. The maximum Gasteiger partial charge on any atom is 0.410 e. The van der Waals surface area contributed by atoms with E-state index in [4.69, 9.17) is 13.9 Å². The number of nitrogens with one attached hydrogen (secondary N) is 1. The third-order valence-electron chi connectivity index (χ3n) is 2.75. The van der Waals surface area contributed by atoms with Gasteiger partial charge in [0.1, 0.15) is 11.4 Å². The lowest BCUT2D eigenvalue weighted by Gasteiger charge is -2.27. The highest BCUT2D eigenvalue weighted by atomic mass is 79.9. The molecule has 7 heteroatoms. The second kappa shape index (κ2) is 9.17. The van der Waals surface area contributed by atoms with Gasteiger partial charge in [0.05, 0.1) is 23.9 Å². The van der Waals surface area contributed by atoms with Crippen LogP contribution < -0.4 is 5.32 Å². The van der Waals surface area contributed by atoms with Gasteiger partial charge in [-0.05, 0) is 42.8 Å². The van der Waals surface area contributed by atoms with Crippen LogP contribution in [-0.4, -0.2) is 49.9 Å². The van der Waals surface area contributed by atoms with Gasteiger partial charge in [0.25, 0.3) is 0 Å². The van der Waals surface area contributed by atoms with Crippen molar-refractivity contribution < 1.29 is 18.7 Å². The van der Waals surface area contributed by atoms with Crippen LogP contribution in [0.4, 0.5) is 4.79 Å². The van der Waals surface area contributed by atoms with Gasteiger partial charge in [-0.25, -0.2) is 4.79 Å². The van der Waals surface area contributed by atoms with Gasteiger partial charge in [0.2, 0.25) is 0 Å². The van der Waals surface area contributed by atoms with Crippen LogP contribution in [0.15, 0.2) is 21.2 Å². The van der Waals surface area contributed by atoms with Crippen molar-refractivity contribution in [2.24, 2.45) is 0 Å². The second-order valence-corrected chi connectivity index (χ2v) is 6.68. The van der Waals surface area contributed by atoms with Crippen molar-refractivity contribution in [3.05, 3.63) is 22.6 Å². The van der Waals surface area contributed by atoms with Gasteiger partial charge >= 0.3 is 6.09 Å². The molecule has 0 aliphatic rings. The molecule has 1 N–H and O–H groups in total. The molecule has 1 heterocycles. The number of halogens is 1. The fraction of sp³-hybridized carbons (Fsp3) is 0.667. The summed E-state index contributed by atoms with van der Waals surface area (Å²) in [6, 6.07) is 1.85. The van der Waals surface area contributed by atoms with E-state index in [1.54, 1.807) is 18.3 Å². The molecule has 0 aliphatic heterocycles. The molecule has 0 saturated heterocycles. The van der Waals surface area contributed by atoms with Gasteiger partial charge in [0, 0.05) is 26.7 Å². The Hall–Kier alpha value is -1.05. The minimum atomic E-state index is -0.505. The average Bonchev–Trinajstić information content (AvgIpc) is 2.81. The van der Waals surface area contributed by atoms with E-state index in [1.807, 2.05) is 26.8 Å². The number of hydrogen-bond donors (Lipinski definition) is 1. The molecule has 0 bridgehead atoms. The first kappa shape index (κ1) is 19.0. The first-order valence-electron chi connectivity index (χ1n) is 7.23. The van der Waals surface area contributed by atoms with Crippen molar-refractivity contribution in [2.75, 3.05) is 33.4 Å². The molecule has 6 nitrogen and oxygen atoms in total. The van der Waals surface area contributed by atoms with Crippen molar-refractivity contribution in [3.8, 4) is 0 Å². The summed E-state index contributed by atoms with van der Waals surface area (Å²) in [5, 5.41) is 3.24. The number of nitrogens with zero attached hydrogens (tertiary/aromatic N) is 1. The zero-order chi connectivity index (χ0) is 16.6. The normalized spacial score (nSPS) is 11.5. The number of ether oxygens (including phenoxy) is 2. The van der Waals surface area contributed by atoms with E-state index in [2.05, 4.69) is 21.2 Å². The van der Waals surface area contributed by atoms with Crippen molar-refractivity contribution in [1.82, 2.24) is 10.2 Å². The second-order valence-electron chi connectivity index (χ2n) is 5.83. The molecule has 0 radical (unpaired) electrons. The molecule has 0 saturated carbocycles. The van der Waals surface area contributed by atoms with E-state index in [1.165, 1.54) is 0 Å². The van der Waals surface area contributed by atoms with E-state index in [0.717, 1.165) is 10.2 Å². The fourth-order valence-electron chi connectivity index (χ4n) is 1.69. The quantitative estimate of drug-likeness (QED) is 0.706. The number of carbonyl (C=O) groups excluding carboxylic acids is 1. The molecule has 0 atom stereocenters. The summed E-state index contributed by atoms with van der Waals surface area (Å²) in [4.78, 5) is 13.8. The summed E-state index contributed by atoms with van der Waals surface area (Å²) in [6.07, 6.45) is 1.30. The number of amides is 1. The first-order chi connectivity index (χ1) is 10.3. The van der Waals surface area contributed by atoms with E-state index in [-0.39, 0.29) is 6.09 Å². The lowest BCUT2D eigenvalue weighted by Crippen LogP contribution is -2.42. The molecule has 0 spiro atoms. The standard InChI is InChI=1S/C15H25BrN2O4/c1-15(2,3)22-14(19)18(8-10-20-4)7-6-17-11-13-12(16)5-9-21-13/h5,9,17H,6-8,10-11H2,1-4H3. The summed E-state index contributed by atoms with van der Waals surface area (Å²) in [5.74, 6) is 0.834. The zero-order valence-corrected chi connectivity index (χ0v) is 15.2. The summed E-state index contributed by atoms with van der Waals surface area (Å²) in [7, 11) is 1.61. The molecule has 0 fully saturated rings. The van der Waals surface area contributed by atoms with Crippen LogP contribution in [0.1, 0.15) is 26.5 Å². The molecule has 1 amide bonds. The van der Waals surface area contributed by atoms with Gasteiger partial charge in [-0.1, -0.05) is 0 Å². The highest BCUT2D eigenvalue weighted by molar-refractivity contribution is 9.10. The summed E-state index contributed by atoms with van der Waals surface area (Å²) < 4.78 is 16.7. The Labute approximate surface area is 140 Å². The third-order valence-corrected chi connectivity index (χ3v) is 3.46. The van der Waals surface area contributed by atoms with Crippen molar-refractivity contribution in [2.45, 2.75) is 32.9 Å².